The largest absolute Gasteiger partial charge is 0.504 e. The normalized spacial score (nSPS) is 12.1. The number of aromatic hydroxyl groups is 3. The van der Waals surface area contributed by atoms with Gasteiger partial charge in [0.1, 0.15) is 0 Å². The van der Waals surface area contributed by atoms with Crippen molar-refractivity contribution in [1.82, 2.24) is 4.68 Å². The lowest BCUT2D eigenvalue weighted by atomic mass is 10.1. The van der Waals surface area contributed by atoms with Gasteiger partial charge in [-0.15, -0.1) is 22.7 Å². The Labute approximate surface area is 181 Å². The van der Waals surface area contributed by atoms with Crippen molar-refractivity contribution in [3.63, 3.8) is 0 Å². The standard InChI is InChI=1S/C22H19N3O3S2/c1-13-5-6-14(2)16(10-13)24-22-25(17(12-30-22)19-4-3-9-29-19)23-11-15-7-8-18(26)21(28)20(15)27/h3-12,26-28H,1-2H3. The summed E-state index contributed by atoms with van der Waals surface area (Å²) in [6.07, 6.45) is 1.43. The molecule has 0 saturated carbocycles. The second-order valence-electron chi connectivity index (χ2n) is 6.71. The predicted molar refractivity (Wildman–Crippen MR) is 121 cm³/mol. The number of nitrogens with zero attached hydrogens (tertiary/aromatic N) is 3. The number of aryl methyl sites for hydroxylation is 2. The molecule has 0 unspecified atom stereocenters. The summed E-state index contributed by atoms with van der Waals surface area (Å²) in [4.78, 5) is 6.52. The summed E-state index contributed by atoms with van der Waals surface area (Å²) < 4.78 is 1.71. The number of hydrogen-bond donors (Lipinski definition) is 3. The van der Waals surface area contributed by atoms with Crippen molar-refractivity contribution in [3.8, 4) is 27.8 Å². The van der Waals surface area contributed by atoms with E-state index in [2.05, 4.69) is 5.10 Å². The highest BCUT2D eigenvalue weighted by molar-refractivity contribution is 7.14. The maximum atomic E-state index is 10.1. The van der Waals surface area contributed by atoms with Gasteiger partial charge in [0, 0.05) is 10.9 Å². The molecular formula is C22H19N3O3S2. The van der Waals surface area contributed by atoms with Crippen LogP contribution in [0.2, 0.25) is 0 Å². The zero-order chi connectivity index (χ0) is 21.3. The Kier molecular flexibility index (Phi) is 5.43. The molecule has 4 aromatic rings. The van der Waals surface area contributed by atoms with E-state index in [0.717, 1.165) is 27.4 Å². The molecule has 0 saturated heterocycles. The smallest absolute Gasteiger partial charge is 0.211 e. The van der Waals surface area contributed by atoms with Gasteiger partial charge in [-0.3, -0.25) is 0 Å². The number of thiazole rings is 1. The van der Waals surface area contributed by atoms with Crippen molar-refractivity contribution < 1.29 is 15.3 Å². The fourth-order valence-electron chi connectivity index (χ4n) is 2.84. The number of hydrogen-bond acceptors (Lipinski definition) is 7. The Hall–Kier alpha value is -3.36. The summed E-state index contributed by atoms with van der Waals surface area (Å²) in [6, 6.07) is 12.9. The summed E-state index contributed by atoms with van der Waals surface area (Å²) in [5.41, 5.74) is 4.19. The third-order valence-corrected chi connectivity index (χ3v) is 6.22. The zero-order valence-corrected chi connectivity index (χ0v) is 17.9. The second kappa shape index (κ2) is 8.17. The van der Waals surface area contributed by atoms with Gasteiger partial charge in [-0.1, -0.05) is 18.2 Å². The van der Waals surface area contributed by atoms with Gasteiger partial charge < -0.3 is 15.3 Å². The highest BCUT2D eigenvalue weighted by Gasteiger charge is 2.12. The quantitative estimate of drug-likeness (QED) is 0.305. The van der Waals surface area contributed by atoms with Gasteiger partial charge in [-0.05, 0) is 54.6 Å². The molecular weight excluding hydrogens is 418 g/mol. The lowest BCUT2D eigenvalue weighted by molar-refractivity contribution is 0.367. The van der Waals surface area contributed by atoms with Gasteiger partial charge in [0.25, 0.3) is 0 Å². The highest BCUT2D eigenvalue weighted by atomic mass is 32.1. The van der Waals surface area contributed by atoms with Crippen LogP contribution in [0.1, 0.15) is 16.7 Å². The van der Waals surface area contributed by atoms with Gasteiger partial charge in [0.2, 0.25) is 10.6 Å². The molecule has 6 nitrogen and oxygen atoms in total. The summed E-state index contributed by atoms with van der Waals surface area (Å²) in [6.45, 7) is 4.03. The molecule has 0 spiro atoms. The van der Waals surface area contributed by atoms with Crippen LogP contribution in [0.4, 0.5) is 5.69 Å². The van der Waals surface area contributed by atoms with Gasteiger partial charge in [-0.25, -0.2) is 9.67 Å². The maximum absolute atomic E-state index is 10.1. The molecule has 0 fully saturated rings. The average molecular weight is 438 g/mol. The Bertz CT molecular complexity index is 1300. The first-order valence-corrected chi connectivity index (χ1v) is 10.8. The molecule has 0 bridgehead atoms. The lowest BCUT2D eigenvalue weighted by Crippen LogP contribution is -2.11. The number of rotatable bonds is 4. The van der Waals surface area contributed by atoms with Crippen LogP contribution in [0.25, 0.3) is 10.6 Å². The van der Waals surface area contributed by atoms with Crippen molar-refractivity contribution in [2.75, 3.05) is 0 Å². The van der Waals surface area contributed by atoms with E-state index in [9.17, 15) is 15.3 Å². The van der Waals surface area contributed by atoms with Gasteiger partial charge >= 0.3 is 0 Å². The van der Waals surface area contributed by atoms with Crippen LogP contribution in [0.3, 0.4) is 0 Å². The van der Waals surface area contributed by atoms with E-state index in [0.29, 0.717) is 4.80 Å². The van der Waals surface area contributed by atoms with E-state index >= 15 is 0 Å². The molecule has 2 heterocycles. The Morgan fingerprint density at radius 1 is 0.967 bits per heavy atom. The molecule has 0 aliphatic carbocycles. The Balaban J connectivity index is 1.87. The molecule has 0 aliphatic heterocycles. The Morgan fingerprint density at radius 2 is 1.80 bits per heavy atom. The van der Waals surface area contributed by atoms with E-state index in [1.807, 2.05) is 54.9 Å². The van der Waals surface area contributed by atoms with Crippen molar-refractivity contribution in [3.05, 3.63) is 74.7 Å². The SMILES string of the molecule is Cc1ccc(C)c(N=c2scc(-c3cccs3)n2N=Cc2ccc(O)c(O)c2O)c1. The van der Waals surface area contributed by atoms with Crippen molar-refractivity contribution in [1.29, 1.82) is 0 Å². The first kappa shape index (κ1) is 19.9. The fraction of sp³-hybridized carbons (Fsp3) is 0.0909. The van der Waals surface area contributed by atoms with Gasteiger partial charge in [0.05, 0.1) is 22.5 Å². The summed E-state index contributed by atoms with van der Waals surface area (Å²) in [7, 11) is 0. The van der Waals surface area contributed by atoms with Gasteiger partial charge in [-0.2, -0.15) is 5.10 Å². The minimum absolute atomic E-state index is 0.277. The van der Waals surface area contributed by atoms with E-state index in [1.54, 1.807) is 16.0 Å². The summed E-state index contributed by atoms with van der Waals surface area (Å²) in [5, 5.41) is 37.9. The fourth-order valence-corrected chi connectivity index (χ4v) is 4.48. The predicted octanol–water partition coefficient (Wildman–Crippen LogP) is 5.13. The third-order valence-electron chi connectivity index (χ3n) is 4.51. The molecule has 2 aromatic heterocycles. The number of thiophene rings is 1. The van der Waals surface area contributed by atoms with Gasteiger partial charge in [0.15, 0.2) is 11.5 Å². The molecule has 30 heavy (non-hydrogen) atoms. The number of phenolic OH excluding ortho intramolecular Hbond substituents is 3. The molecule has 4 rings (SSSR count). The summed E-state index contributed by atoms with van der Waals surface area (Å²) >= 11 is 3.06. The first-order chi connectivity index (χ1) is 14.4. The Morgan fingerprint density at radius 3 is 2.57 bits per heavy atom. The van der Waals surface area contributed by atoms with E-state index < -0.39 is 17.2 Å². The molecule has 152 valence electrons. The molecule has 0 amide bonds. The van der Waals surface area contributed by atoms with Crippen molar-refractivity contribution in [2.24, 2.45) is 10.1 Å². The first-order valence-electron chi connectivity index (χ1n) is 9.08. The van der Waals surface area contributed by atoms with Crippen molar-refractivity contribution in [2.45, 2.75) is 13.8 Å². The van der Waals surface area contributed by atoms with Crippen molar-refractivity contribution >= 4 is 34.6 Å². The third kappa shape index (κ3) is 3.87. The number of aromatic nitrogens is 1. The molecule has 8 heteroatoms. The molecule has 0 aliphatic rings. The van der Waals surface area contributed by atoms with Crippen LogP contribution in [0.5, 0.6) is 17.2 Å². The minimum Gasteiger partial charge on any atom is -0.504 e. The molecule has 2 aromatic carbocycles. The lowest BCUT2D eigenvalue weighted by Gasteiger charge is -2.05. The van der Waals surface area contributed by atoms with E-state index in [1.165, 1.54) is 29.7 Å². The zero-order valence-electron chi connectivity index (χ0n) is 16.3. The highest BCUT2D eigenvalue weighted by Crippen LogP contribution is 2.36. The van der Waals surface area contributed by atoms with E-state index in [-0.39, 0.29) is 5.56 Å². The molecule has 0 atom stereocenters. The van der Waals surface area contributed by atoms with Crippen LogP contribution in [-0.4, -0.2) is 26.2 Å². The molecule has 3 N–H and O–H groups in total. The average Bonchev–Trinajstić information content (AvgIpc) is 3.38. The topological polar surface area (TPSA) is 90.3 Å². The van der Waals surface area contributed by atoms with E-state index in [4.69, 9.17) is 4.99 Å². The molecule has 0 radical (unpaired) electrons. The van der Waals surface area contributed by atoms with Crippen LogP contribution in [-0.2, 0) is 0 Å². The van der Waals surface area contributed by atoms with Crippen LogP contribution >= 0.6 is 22.7 Å². The number of phenols is 3. The van der Waals surface area contributed by atoms with Crippen LogP contribution in [0.15, 0.2) is 63.3 Å². The monoisotopic (exact) mass is 437 g/mol. The van der Waals surface area contributed by atoms with Crippen LogP contribution < -0.4 is 4.80 Å². The number of benzene rings is 2. The summed E-state index contributed by atoms with van der Waals surface area (Å²) in [5.74, 6) is -1.40. The minimum atomic E-state index is -0.576. The second-order valence-corrected chi connectivity index (χ2v) is 8.49. The van der Waals surface area contributed by atoms with Crippen LogP contribution in [0, 0.1) is 13.8 Å². The maximum Gasteiger partial charge on any atom is 0.211 e.